The van der Waals surface area contributed by atoms with Gasteiger partial charge in [-0.05, 0) is 18.2 Å². The quantitative estimate of drug-likeness (QED) is 0.876. The molecule has 1 aromatic carbocycles. The van der Waals surface area contributed by atoms with Crippen LogP contribution in [0.3, 0.4) is 0 Å². The summed E-state index contributed by atoms with van der Waals surface area (Å²) in [6.07, 6.45) is 0. The summed E-state index contributed by atoms with van der Waals surface area (Å²) < 4.78 is 31.3. The van der Waals surface area contributed by atoms with Crippen LogP contribution in [0.25, 0.3) is 0 Å². The Hall–Kier alpha value is -1.90. The summed E-state index contributed by atoms with van der Waals surface area (Å²) in [7, 11) is 0. The summed E-state index contributed by atoms with van der Waals surface area (Å²) in [6.45, 7) is -0.00348. The van der Waals surface area contributed by atoms with Gasteiger partial charge in [0.15, 0.2) is 11.6 Å². The lowest BCUT2D eigenvalue weighted by Crippen LogP contribution is -1.95. The Labute approximate surface area is 113 Å². The molecule has 19 heavy (non-hydrogen) atoms. The summed E-state index contributed by atoms with van der Waals surface area (Å²) in [5, 5.41) is 10.4. The van der Waals surface area contributed by atoms with Crippen LogP contribution >= 0.6 is 11.3 Å². The maximum atomic E-state index is 13.3. The number of aliphatic hydroxyl groups is 1. The third-order valence-electron chi connectivity index (χ3n) is 2.23. The van der Waals surface area contributed by atoms with Gasteiger partial charge in [-0.2, -0.15) is 0 Å². The first kappa shape index (κ1) is 13.5. The molecule has 0 bridgehead atoms. The highest BCUT2D eigenvalue weighted by molar-refractivity contribution is 7.10. The summed E-state index contributed by atoms with van der Waals surface area (Å²) in [5.41, 5.74) is 0.775. The van der Waals surface area contributed by atoms with Crippen molar-refractivity contribution in [1.29, 1.82) is 0 Å². The van der Waals surface area contributed by atoms with Crippen molar-refractivity contribution in [3.8, 4) is 17.6 Å². The zero-order chi connectivity index (χ0) is 13.7. The first-order valence-electron chi connectivity index (χ1n) is 5.44. The molecule has 0 aliphatic rings. The van der Waals surface area contributed by atoms with Crippen LogP contribution in [-0.4, -0.2) is 11.7 Å². The Morgan fingerprint density at radius 1 is 1.26 bits per heavy atom. The summed E-state index contributed by atoms with van der Waals surface area (Å²) in [6, 6.07) is 4.98. The van der Waals surface area contributed by atoms with E-state index in [0.717, 1.165) is 22.6 Å². The molecule has 0 aliphatic heterocycles. The molecule has 0 radical (unpaired) electrons. The van der Waals surface area contributed by atoms with Crippen LogP contribution in [0.1, 0.15) is 10.4 Å². The smallest absolute Gasteiger partial charge is 0.167 e. The monoisotopic (exact) mass is 280 g/mol. The maximum absolute atomic E-state index is 13.3. The second kappa shape index (κ2) is 6.32. The predicted molar refractivity (Wildman–Crippen MR) is 69.0 cm³/mol. The van der Waals surface area contributed by atoms with Crippen LogP contribution in [-0.2, 0) is 6.61 Å². The minimum Gasteiger partial charge on any atom is -0.485 e. The van der Waals surface area contributed by atoms with E-state index >= 15 is 0 Å². The number of halogens is 2. The van der Waals surface area contributed by atoms with Crippen molar-refractivity contribution in [3.63, 3.8) is 0 Å². The molecule has 0 aliphatic carbocycles. The van der Waals surface area contributed by atoms with Crippen molar-refractivity contribution in [2.24, 2.45) is 0 Å². The molecule has 5 heteroatoms. The number of ether oxygens (including phenoxy) is 1. The fourth-order valence-corrected chi connectivity index (χ4v) is 2.13. The largest absolute Gasteiger partial charge is 0.485 e. The topological polar surface area (TPSA) is 29.5 Å². The third kappa shape index (κ3) is 3.78. The Kier molecular flexibility index (Phi) is 4.50. The van der Waals surface area contributed by atoms with Gasteiger partial charge in [-0.1, -0.05) is 11.8 Å². The van der Waals surface area contributed by atoms with Crippen LogP contribution in [0.4, 0.5) is 8.78 Å². The Morgan fingerprint density at radius 2 is 2.11 bits per heavy atom. The number of thiophene rings is 1. The number of aliphatic hydroxyl groups excluding tert-OH is 1. The highest BCUT2D eigenvalue weighted by Gasteiger charge is 2.06. The lowest BCUT2D eigenvalue weighted by molar-refractivity contribution is 0.292. The van der Waals surface area contributed by atoms with E-state index in [1.807, 2.05) is 5.38 Å². The van der Waals surface area contributed by atoms with Crippen molar-refractivity contribution in [2.75, 3.05) is 6.61 Å². The highest BCUT2D eigenvalue weighted by atomic mass is 32.1. The second-order valence-electron chi connectivity index (χ2n) is 3.63. The van der Waals surface area contributed by atoms with Gasteiger partial charge in [0.25, 0.3) is 0 Å². The van der Waals surface area contributed by atoms with Crippen LogP contribution in [0.15, 0.2) is 29.6 Å². The maximum Gasteiger partial charge on any atom is 0.167 e. The average molecular weight is 280 g/mol. The fourth-order valence-electron chi connectivity index (χ4n) is 1.40. The van der Waals surface area contributed by atoms with Crippen molar-refractivity contribution < 1.29 is 18.6 Å². The van der Waals surface area contributed by atoms with Gasteiger partial charge in [0, 0.05) is 21.9 Å². The molecule has 0 atom stereocenters. The van der Waals surface area contributed by atoms with E-state index in [-0.39, 0.29) is 19.0 Å². The van der Waals surface area contributed by atoms with Crippen LogP contribution in [0.2, 0.25) is 0 Å². The highest BCUT2D eigenvalue weighted by Crippen LogP contribution is 2.21. The van der Waals surface area contributed by atoms with E-state index in [9.17, 15) is 8.78 Å². The standard InChI is InChI=1S/C14H10F2O2S/c15-11-3-4-14(13(16)7-11)18-8-12-6-10(9-19-12)2-1-5-17/h3-4,6-7,9,17H,5,8H2. The Bertz CT molecular complexity index is 626. The molecule has 1 heterocycles. The average Bonchev–Trinajstić information content (AvgIpc) is 2.83. The van der Waals surface area contributed by atoms with Gasteiger partial charge in [-0.15, -0.1) is 11.3 Å². The molecule has 1 aromatic heterocycles. The lowest BCUT2D eigenvalue weighted by Gasteiger charge is -2.05. The number of hydrogen-bond donors (Lipinski definition) is 1. The lowest BCUT2D eigenvalue weighted by atomic mass is 10.3. The first-order chi connectivity index (χ1) is 9.19. The second-order valence-corrected chi connectivity index (χ2v) is 4.62. The van der Waals surface area contributed by atoms with Gasteiger partial charge in [0.1, 0.15) is 19.0 Å². The van der Waals surface area contributed by atoms with Crippen LogP contribution in [0, 0.1) is 23.5 Å². The Morgan fingerprint density at radius 3 is 2.84 bits per heavy atom. The van der Waals surface area contributed by atoms with Gasteiger partial charge in [-0.25, -0.2) is 8.78 Å². The molecular formula is C14H10F2O2S. The normalized spacial score (nSPS) is 9.84. The zero-order valence-electron chi connectivity index (χ0n) is 9.82. The van der Waals surface area contributed by atoms with E-state index in [1.54, 1.807) is 6.07 Å². The van der Waals surface area contributed by atoms with E-state index in [0.29, 0.717) is 0 Å². The fraction of sp³-hybridized carbons (Fsp3) is 0.143. The molecule has 2 aromatic rings. The van der Waals surface area contributed by atoms with Gasteiger partial charge < -0.3 is 9.84 Å². The number of rotatable bonds is 3. The third-order valence-corrected chi connectivity index (χ3v) is 3.14. The van der Waals surface area contributed by atoms with Crippen molar-refractivity contribution in [2.45, 2.75) is 6.61 Å². The molecule has 0 saturated heterocycles. The number of benzene rings is 1. The molecule has 98 valence electrons. The van der Waals surface area contributed by atoms with E-state index < -0.39 is 11.6 Å². The van der Waals surface area contributed by atoms with Gasteiger partial charge in [0.2, 0.25) is 0 Å². The SMILES string of the molecule is OCC#Cc1csc(COc2ccc(F)cc2F)c1. The Balaban J connectivity index is 2.00. The predicted octanol–water partition coefficient (Wildman–Crippen LogP) is 2.95. The van der Waals surface area contributed by atoms with E-state index in [2.05, 4.69) is 11.8 Å². The first-order valence-corrected chi connectivity index (χ1v) is 6.32. The number of hydrogen-bond acceptors (Lipinski definition) is 3. The molecule has 1 N–H and O–H groups in total. The minimum atomic E-state index is -0.725. The molecule has 2 rings (SSSR count). The van der Waals surface area contributed by atoms with E-state index in [1.165, 1.54) is 17.4 Å². The molecule has 0 spiro atoms. The zero-order valence-corrected chi connectivity index (χ0v) is 10.6. The van der Waals surface area contributed by atoms with Gasteiger partial charge in [0.05, 0.1) is 0 Å². The summed E-state index contributed by atoms with van der Waals surface area (Å²) >= 11 is 1.42. The summed E-state index contributed by atoms with van der Waals surface area (Å²) in [4.78, 5) is 0.867. The molecular weight excluding hydrogens is 270 g/mol. The molecule has 0 unspecified atom stereocenters. The van der Waals surface area contributed by atoms with E-state index in [4.69, 9.17) is 9.84 Å². The van der Waals surface area contributed by atoms with Crippen LogP contribution < -0.4 is 4.74 Å². The van der Waals surface area contributed by atoms with Crippen LogP contribution in [0.5, 0.6) is 5.75 Å². The molecule has 0 saturated carbocycles. The van der Waals surface area contributed by atoms with Gasteiger partial charge in [-0.3, -0.25) is 0 Å². The van der Waals surface area contributed by atoms with Crippen molar-refractivity contribution in [1.82, 2.24) is 0 Å². The van der Waals surface area contributed by atoms with Gasteiger partial charge >= 0.3 is 0 Å². The minimum absolute atomic E-state index is 0.0118. The van der Waals surface area contributed by atoms with Crippen molar-refractivity contribution >= 4 is 11.3 Å². The summed E-state index contributed by atoms with van der Waals surface area (Å²) in [5.74, 6) is 3.95. The van der Waals surface area contributed by atoms with Crippen molar-refractivity contribution in [3.05, 3.63) is 51.7 Å². The molecule has 0 fully saturated rings. The molecule has 2 nitrogen and oxygen atoms in total. The molecule has 0 amide bonds.